The standard InChI is InChI=1S/C12H19ClN4/c1-9-7-10(15-11(13)14-9)17-6-5-16(4)12(2,3)8-17/h7H,5-6,8H2,1-4H3. The van der Waals surface area contributed by atoms with Crippen LogP contribution in [-0.2, 0) is 0 Å². The van der Waals surface area contributed by atoms with Gasteiger partial charge in [-0.2, -0.15) is 0 Å². The van der Waals surface area contributed by atoms with E-state index in [4.69, 9.17) is 11.6 Å². The van der Waals surface area contributed by atoms with Crippen LogP contribution in [0, 0.1) is 6.92 Å². The summed E-state index contributed by atoms with van der Waals surface area (Å²) in [6.45, 7) is 9.40. The first-order valence-electron chi connectivity index (χ1n) is 5.86. The highest BCUT2D eigenvalue weighted by atomic mass is 35.5. The van der Waals surface area contributed by atoms with E-state index in [1.54, 1.807) is 0 Å². The van der Waals surface area contributed by atoms with Crippen molar-refractivity contribution in [2.75, 3.05) is 31.6 Å². The molecule has 0 amide bonds. The summed E-state index contributed by atoms with van der Waals surface area (Å²) in [5.41, 5.74) is 1.07. The molecule has 0 aromatic carbocycles. The Hall–Kier alpha value is -0.870. The molecule has 2 rings (SSSR count). The number of hydrogen-bond acceptors (Lipinski definition) is 4. The van der Waals surface area contributed by atoms with Crippen molar-refractivity contribution in [3.05, 3.63) is 17.0 Å². The van der Waals surface area contributed by atoms with Crippen LogP contribution >= 0.6 is 11.6 Å². The molecular formula is C12H19ClN4. The number of halogens is 1. The van der Waals surface area contributed by atoms with Crippen LogP contribution in [0.3, 0.4) is 0 Å². The molecule has 1 aliphatic heterocycles. The zero-order chi connectivity index (χ0) is 12.6. The van der Waals surface area contributed by atoms with Gasteiger partial charge >= 0.3 is 0 Å². The molecule has 1 aliphatic rings. The third kappa shape index (κ3) is 2.69. The van der Waals surface area contributed by atoms with Crippen molar-refractivity contribution >= 4 is 17.4 Å². The van der Waals surface area contributed by atoms with E-state index in [1.807, 2.05) is 13.0 Å². The van der Waals surface area contributed by atoms with Gasteiger partial charge in [-0.05, 0) is 39.4 Å². The fraction of sp³-hybridized carbons (Fsp3) is 0.667. The fourth-order valence-corrected chi connectivity index (χ4v) is 2.33. The molecule has 0 aliphatic carbocycles. The fourth-order valence-electron chi connectivity index (χ4n) is 2.11. The summed E-state index contributed by atoms with van der Waals surface area (Å²) < 4.78 is 0. The van der Waals surface area contributed by atoms with Crippen molar-refractivity contribution < 1.29 is 0 Å². The number of likely N-dealkylation sites (N-methyl/N-ethyl adjacent to an activating group) is 1. The van der Waals surface area contributed by atoms with Crippen LogP contribution in [0.1, 0.15) is 19.5 Å². The molecule has 0 saturated carbocycles. The highest BCUT2D eigenvalue weighted by Gasteiger charge is 2.31. The molecule has 1 saturated heterocycles. The number of piperazine rings is 1. The van der Waals surface area contributed by atoms with E-state index in [9.17, 15) is 0 Å². The van der Waals surface area contributed by atoms with Gasteiger partial charge in [0.2, 0.25) is 5.28 Å². The molecule has 1 fully saturated rings. The van der Waals surface area contributed by atoms with Crippen LogP contribution < -0.4 is 4.90 Å². The van der Waals surface area contributed by atoms with Gasteiger partial charge in [0.05, 0.1) is 0 Å². The minimum atomic E-state index is 0.156. The summed E-state index contributed by atoms with van der Waals surface area (Å²) in [7, 11) is 2.16. The third-order valence-corrected chi connectivity index (χ3v) is 3.62. The lowest BCUT2D eigenvalue weighted by Crippen LogP contribution is -2.57. The molecule has 0 unspecified atom stereocenters. The van der Waals surface area contributed by atoms with E-state index in [-0.39, 0.29) is 5.54 Å². The Morgan fingerprint density at radius 2 is 2.00 bits per heavy atom. The molecule has 4 nitrogen and oxygen atoms in total. The Morgan fingerprint density at radius 1 is 1.29 bits per heavy atom. The third-order valence-electron chi connectivity index (χ3n) is 3.45. The Balaban J connectivity index is 2.23. The maximum absolute atomic E-state index is 5.91. The molecule has 0 bridgehead atoms. The van der Waals surface area contributed by atoms with Crippen LogP contribution in [0.25, 0.3) is 0 Å². The summed E-state index contributed by atoms with van der Waals surface area (Å²) >= 11 is 5.91. The minimum absolute atomic E-state index is 0.156. The van der Waals surface area contributed by atoms with Crippen molar-refractivity contribution in [2.45, 2.75) is 26.3 Å². The van der Waals surface area contributed by atoms with Gasteiger partial charge in [-0.3, -0.25) is 4.90 Å². The van der Waals surface area contributed by atoms with Gasteiger partial charge in [0, 0.05) is 36.9 Å². The van der Waals surface area contributed by atoms with Gasteiger partial charge in [-0.15, -0.1) is 0 Å². The normalized spacial score (nSPS) is 20.6. The van der Waals surface area contributed by atoms with Crippen molar-refractivity contribution in [3.63, 3.8) is 0 Å². The number of hydrogen-bond donors (Lipinski definition) is 0. The maximum atomic E-state index is 5.91. The second-order valence-electron chi connectivity index (χ2n) is 5.29. The average molecular weight is 255 g/mol. The lowest BCUT2D eigenvalue weighted by atomic mass is 10.00. The minimum Gasteiger partial charge on any atom is -0.353 e. The van der Waals surface area contributed by atoms with Crippen molar-refractivity contribution in [3.8, 4) is 0 Å². The number of aromatic nitrogens is 2. The van der Waals surface area contributed by atoms with E-state index in [1.165, 1.54) is 0 Å². The van der Waals surface area contributed by atoms with Crippen LogP contribution in [0.2, 0.25) is 5.28 Å². The van der Waals surface area contributed by atoms with E-state index in [2.05, 4.69) is 40.7 Å². The molecule has 0 N–H and O–H groups in total. The predicted octanol–water partition coefficient (Wildman–Crippen LogP) is 1.97. The number of rotatable bonds is 1. The van der Waals surface area contributed by atoms with Crippen molar-refractivity contribution in [1.82, 2.24) is 14.9 Å². The Morgan fingerprint density at radius 3 is 2.59 bits per heavy atom. The van der Waals surface area contributed by atoms with Crippen molar-refractivity contribution in [2.24, 2.45) is 0 Å². The molecule has 2 heterocycles. The van der Waals surface area contributed by atoms with Crippen molar-refractivity contribution in [1.29, 1.82) is 0 Å². The van der Waals surface area contributed by atoms with Gasteiger partial charge in [-0.1, -0.05) is 0 Å². The van der Waals surface area contributed by atoms with E-state index in [0.29, 0.717) is 5.28 Å². The highest BCUT2D eigenvalue weighted by molar-refractivity contribution is 6.28. The van der Waals surface area contributed by atoms with Crippen LogP contribution in [0.4, 0.5) is 5.82 Å². The first-order valence-corrected chi connectivity index (χ1v) is 6.24. The average Bonchev–Trinajstić information content (AvgIpc) is 2.20. The van der Waals surface area contributed by atoms with Gasteiger partial charge in [0.25, 0.3) is 0 Å². The second-order valence-corrected chi connectivity index (χ2v) is 5.63. The van der Waals surface area contributed by atoms with Gasteiger partial charge in [-0.25, -0.2) is 9.97 Å². The quantitative estimate of drug-likeness (QED) is 0.718. The summed E-state index contributed by atoms with van der Waals surface area (Å²) in [4.78, 5) is 13.1. The zero-order valence-corrected chi connectivity index (χ0v) is 11.6. The maximum Gasteiger partial charge on any atom is 0.224 e. The zero-order valence-electron chi connectivity index (χ0n) is 10.9. The molecule has 0 atom stereocenters. The topological polar surface area (TPSA) is 32.3 Å². The second kappa shape index (κ2) is 4.42. The predicted molar refractivity (Wildman–Crippen MR) is 70.7 cm³/mol. The molecule has 17 heavy (non-hydrogen) atoms. The summed E-state index contributed by atoms with van der Waals surface area (Å²) in [6.07, 6.45) is 0. The number of nitrogens with zero attached hydrogens (tertiary/aromatic N) is 4. The Bertz CT molecular complexity index is 399. The van der Waals surface area contributed by atoms with Gasteiger partial charge in [0.15, 0.2) is 0 Å². The van der Waals surface area contributed by atoms with Gasteiger partial charge in [0.1, 0.15) is 5.82 Å². The Labute approximate surface area is 108 Å². The number of aryl methyl sites for hydroxylation is 1. The largest absolute Gasteiger partial charge is 0.353 e. The monoisotopic (exact) mass is 254 g/mol. The lowest BCUT2D eigenvalue weighted by Gasteiger charge is -2.45. The Kier molecular flexibility index (Phi) is 3.27. The SMILES string of the molecule is Cc1cc(N2CCN(C)C(C)(C)C2)nc(Cl)n1. The summed E-state index contributed by atoms with van der Waals surface area (Å²) in [6, 6.07) is 1.99. The molecule has 5 heteroatoms. The smallest absolute Gasteiger partial charge is 0.224 e. The summed E-state index contributed by atoms with van der Waals surface area (Å²) in [5.74, 6) is 0.934. The highest BCUT2D eigenvalue weighted by Crippen LogP contribution is 2.24. The van der Waals surface area contributed by atoms with Crippen LogP contribution in [0.5, 0.6) is 0 Å². The first kappa shape index (κ1) is 12.6. The van der Waals surface area contributed by atoms with Crippen LogP contribution in [0.15, 0.2) is 6.07 Å². The van der Waals surface area contributed by atoms with E-state index in [0.717, 1.165) is 31.1 Å². The molecule has 1 aromatic heterocycles. The molecule has 0 radical (unpaired) electrons. The molecule has 94 valence electrons. The van der Waals surface area contributed by atoms with Crippen LogP contribution in [-0.4, -0.2) is 47.1 Å². The first-order chi connectivity index (χ1) is 7.88. The van der Waals surface area contributed by atoms with E-state index < -0.39 is 0 Å². The molecular weight excluding hydrogens is 236 g/mol. The van der Waals surface area contributed by atoms with E-state index >= 15 is 0 Å². The number of anilines is 1. The van der Waals surface area contributed by atoms with Gasteiger partial charge < -0.3 is 4.90 Å². The summed E-state index contributed by atoms with van der Waals surface area (Å²) in [5, 5.41) is 0.330. The molecule has 0 spiro atoms. The lowest BCUT2D eigenvalue weighted by molar-refractivity contribution is 0.138. The molecule has 1 aromatic rings.